The molecule has 2 aliphatic carbocycles. The number of esters is 2. The lowest BCUT2D eigenvalue weighted by Crippen LogP contribution is -2.74. The molecule has 0 amide bonds. The largest absolute Gasteiger partial charge is 0.481 e. The molecule has 8 nitrogen and oxygen atoms in total. The Kier molecular flexibility index (Phi) is 6.09. The molecule has 2 aromatic carbocycles. The summed E-state index contributed by atoms with van der Waals surface area (Å²) in [4.78, 5) is 28.2. The minimum Gasteiger partial charge on any atom is -0.481 e. The van der Waals surface area contributed by atoms with Crippen LogP contribution >= 0.6 is 0 Å². The zero-order valence-electron chi connectivity index (χ0n) is 21.7. The molecule has 2 bridgehead atoms. The minimum absolute atomic E-state index is 0.124. The number of hydrogen-bond acceptors (Lipinski definition) is 8. The molecule has 2 N–H and O–H groups in total. The van der Waals surface area contributed by atoms with Crippen LogP contribution in [0.5, 0.6) is 5.75 Å². The summed E-state index contributed by atoms with van der Waals surface area (Å²) in [7, 11) is 2.03. The van der Waals surface area contributed by atoms with E-state index in [9.17, 15) is 19.8 Å². The van der Waals surface area contributed by atoms with Crippen molar-refractivity contribution in [3.63, 3.8) is 0 Å². The smallest absolute Gasteiger partial charge is 0.357 e. The molecule has 0 saturated carbocycles. The number of ether oxygens (including phenoxy) is 3. The molecule has 1 saturated heterocycles. The maximum atomic E-state index is 13.6. The molecule has 4 aliphatic rings. The van der Waals surface area contributed by atoms with Crippen molar-refractivity contribution in [1.29, 1.82) is 0 Å². The Morgan fingerprint density at radius 2 is 2.00 bits per heavy atom. The molecule has 5 atom stereocenters. The zero-order valence-corrected chi connectivity index (χ0v) is 21.7. The Balaban J connectivity index is 1.39. The first kappa shape index (κ1) is 25.1. The third-order valence-electron chi connectivity index (χ3n) is 8.86. The van der Waals surface area contributed by atoms with Crippen LogP contribution in [0, 0.1) is 0 Å². The summed E-state index contributed by atoms with van der Waals surface area (Å²) in [6.45, 7) is 2.42. The summed E-state index contributed by atoms with van der Waals surface area (Å²) in [5.74, 6) is -0.301. The first-order valence-electron chi connectivity index (χ1n) is 13.4. The third kappa shape index (κ3) is 3.47. The Morgan fingerprint density at radius 3 is 2.74 bits per heavy atom. The molecule has 200 valence electrons. The summed E-state index contributed by atoms with van der Waals surface area (Å²) in [6.07, 6.45) is 2.14. The van der Waals surface area contributed by atoms with Gasteiger partial charge in [-0.05, 0) is 44.5 Å². The summed E-state index contributed by atoms with van der Waals surface area (Å²) in [5.41, 5.74) is 1.24. The highest BCUT2D eigenvalue weighted by molar-refractivity contribution is 5.81. The molecule has 1 fully saturated rings. The molecule has 0 radical (unpaired) electrons. The lowest BCUT2D eigenvalue weighted by Gasteiger charge is -2.61. The predicted octanol–water partition coefficient (Wildman–Crippen LogP) is 3.08. The summed E-state index contributed by atoms with van der Waals surface area (Å²) in [5, 5.41) is 22.4. The van der Waals surface area contributed by atoms with Gasteiger partial charge in [0.05, 0.1) is 17.6 Å². The fraction of sp³-hybridized carbons (Fsp3) is 0.467. The van der Waals surface area contributed by atoms with E-state index in [1.165, 1.54) is 0 Å². The van der Waals surface area contributed by atoms with Crippen molar-refractivity contribution in [3.05, 3.63) is 76.6 Å². The lowest BCUT2D eigenvalue weighted by molar-refractivity contribution is -0.176. The molecule has 2 aromatic rings. The van der Waals surface area contributed by atoms with Gasteiger partial charge in [-0.3, -0.25) is 4.79 Å². The normalized spacial score (nSPS) is 29.5. The van der Waals surface area contributed by atoms with Crippen molar-refractivity contribution in [2.24, 2.45) is 0 Å². The Morgan fingerprint density at radius 1 is 1.21 bits per heavy atom. The second-order valence-corrected chi connectivity index (χ2v) is 10.9. The van der Waals surface area contributed by atoms with Gasteiger partial charge in [-0.25, -0.2) is 4.79 Å². The Bertz CT molecular complexity index is 1310. The second-order valence-electron chi connectivity index (χ2n) is 10.9. The van der Waals surface area contributed by atoms with Crippen LogP contribution in [0.25, 0.3) is 0 Å². The van der Waals surface area contributed by atoms with Crippen molar-refractivity contribution in [2.75, 3.05) is 13.6 Å². The molecular weight excluding hydrogens is 486 g/mol. The number of hydrogen-bond donors (Lipinski definition) is 2. The molecule has 38 heavy (non-hydrogen) atoms. The lowest BCUT2D eigenvalue weighted by atomic mass is 9.50. The Labute approximate surface area is 221 Å². The fourth-order valence-corrected chi connectivity index (χ4v) is 7.08. The zero-order chi connectivity index (χ0) is 26.7. The van der Waals surface area contributed by atoms with E-state index in [0.29, 0.717) is 48.3 Å². The van der Waals surface area contributed by atoms with Crippen molar-refractivity contribution in [3.8, 4) is 5.75 Å². The molecule has 2 heterocycles. The van der Waals surface area contributed by atoms with E-state index < -0.39 is 35.2 Å². The monoisotopic (exact) mass is 519 g/mol. The SMILES string of the molecule is CCCC(=O)O[C@H](C(=O)OC1=CC[C@@]2(O)[C@H]3Cc4ccc(CO)c5c4[C@@]2(CCN3C)[C@H]1O5)c1ccccc1. The van der Waals surface area contributed by atoms with Gasteiger partial charge in [0, 0.05) is 35.6 Å². The first-order valence-corrected chi connectivity index (χ1v) is 13.4. The number of carbonyl (C=O) groups excluding carboxylic acids is 2. The van der Waals surface area contributed by atoms with Gasteiger partial charge in [0.2, 0.25) is 6.10 Å². The topological polar surface area (TPSA) is 106 Å². The number of piperidine rings is 1. The highest BCUT2D eigenvalue weighted by Gasteiger charge is 2.72. The van der Waals surface area contributed by atoms with Gasteiger partial charge in [0.15, 0.2) is 6.10 Å². The molecular formula is C30H33NO7. The standard InChI is InChI=1S/C30H33NO7/c1-3-7-23(33)37-26(18-8-5-4-6-9-18)28(34)36-21-12-13-30(35)22-16-19-10-11-20(17-32)25-24(19)29(30,27(21)38-25)14-15-31(22)2/h4-6,8-12,22,26-27,32,35H,3,7,13-17H2,1-2H3/t22-,26+,27+,29+,30-/m1/s1. The van der Waals surface area contributed by atoms with E-state index in [1.54, 1.807) is 30.3 Å². The highest BCUT2D eigenvalue weighted by atomic mass is 16.6. The minimum atomic E-state index is -1.22. The molecule has 6 rings (SSSR count). The van der Waals surface area contributed by atoms with Gasteiger partial charge >= 0.3 is 11.9 Å². The van der Waals surface area contributed by atoms with E-state index in [1.807, 2.05) is 32.2 Å². The van der Waals surface area contributed by atoms with E-state index in [-0.39, 0.29) is 19.1 Å². The number of likely N-dealkylation sites (tertiary alicyclic amines) is 1. The van der Waals surface area contributed by atoms with Crippen LogP contribution < -0.4 is 4.74 Å². The van der Waals surface area contributed by atoms with Gasteiger partial charge < -0.3 is 29.3 Å². The van der Waals surface area contributed by atoms with Crippen LogP contribution in [0.3, 0.4) is 0 Å². The number of carbonyl (C=O) groups is 2. The van der Waals surface area contributed by atoms with E-state index in [2.05, 4.69) is 4.90 Å². The van der Waals surface area contributed by atoms with Crippen molar-refractivity contribution in [1.82, 2.24) is 4.90 Å². The first-order chi connectivity index (χ1) is 18.3. The van der Waals surface area contributed by atoms with Crippen LogP contribution in [0.1, 0.15) is 61.0 Å². The summed E-state index contributed by atoms with van der Waals surface area (Å²) < 4.78 is 18.1. The van der Waals surface area contributed by atoms with Gasteiger partial charge in [0.25, 0.3) is 0 Å². The molecule has 8 heteroatoms. The van der Waals surface area contributed by atoms with Gasteiger partial charge in [0.1, 0.15) is 11.5 Å². The summed E-state index contributed by atoms with van der Waals surface area (Å²) in [6, 6.07) is 12.6. The van der Waals surface area contributed by atoms with Crippen LogP contribution in [0.4, 0.5) is 0 Å². The van der Waals surface area contributed by atoms with Crippen LogP contribution in [0.2, 0.25) is 0 Å². The predicted molar refractivity (Wildman–Crippen MR) is 137 cm³/mol. The van der Waals surface area contributed by atoms with Gasteiger partial charge in [-0.15, -0.1) is 0 Å². The Hall–Kier alpha value is -3.20. The summed E-state index contributed by atoms with van der Waals surface area (Å²) >= 11 is 0. The number of rotatable bonds is 7. The maximum Gasteiger partial charge on any atom is 0.357 e. The number of aliphatic hydroxyl groups excluding tert-OH is 1. The van der Waals surface area contributed by atoms with Gasteiger partial charge in [-0.1, -0.05) is 49.4 Å². The molecule has 0 unspecified atom stereocenters. The van der Waals surface area contributed by atoms with Crippen molar-refractivity contribution >= 4 is 11.9 Å². The van der Waals surface area contributed by atoms with Gasteiger partial charge in [-0.2, -0.15) is 0 Å². The van der Waals surface area contributed by atoms with Crippen molar-refractivity contribution < 1.29 is 34.0 Å². The van der Waals surface area contributed by atoms with E-state index in [0.717, 1.165) is 17.7 Å². The number of benzene rings is 2. The molecule has 2 aliphatic heterocycles. The van der Waals surface area contributed by atoms with Crippen LogP contribution in [0.15, 0.2) is 54.3 Å². The highest BCUT2D eigenvalue weighted by Crippen LogP contribution is 2.64. The average molecular weight is 520 g/mol. The maximum absolute atomic E-state index is 13.6. The van der Waals surface area contributed by atoms with Crippen LogP contribution in [-0.2, 0) is 37.5 Å². The van der Waals surface area contributed by atoms with E-state index >= 15 is 0 Å². The fourth-order valence-electron chi connectivity index (χ4n) is 7.08. The third-order valence-corrected chi connectivity index (χ3v) is 8.86. The molecule has 0 aromatic heterocycles. The quantitative estimate of drug-likeness (QED) is 0.538. The average Bonchev–Trinajstić information content (AvgIpc) is 3.27. The number of likely N-dealkylation sites (N-methyl/N-ethyl adjacent to an activating group) is 1. The van der Waals surface area contributed by atoms with E-state index in [4.69, 9.17) is 14.2 Å². The number of nitrogens with zero attached hydrogens (tertiary/aromatic N) is 1. The second kappa shape index (κ2) is 9.22. The molecule has 1 spiro atoms. The van der Waals surface area contributed by atoms with Crippen LogP contribution in [-0.4, -0.2) is 58.4 Å². The van der Waals surface area contributed by atoms with Crippen molar-refractivity contribution in [2.45, 2.75) is 74.9 Å². The number of aliphatic hydroxyl groups is 2.